The third kappa shape index (κ3) is 3.31. The highest BCUT2D eigenvalue weighted by Crippen LogP contribution is 2.12. The van der Waals surface area contributed by atoms with Crippen LogP contribution in [0.4, 0.5) is 5.82 Å². The Morgan fingerprint density at radius 3 is 2.75 bits per heavy atom. The minimum Gasteiger partial charge on any atom is -0.356 e. The first kappa shape index (κ1) is 12.7. The largest absolute Gasteiger partial charge is 0.356 e. The van der Waals surface area contributed by atoms with Crippen LogP contribution in [0.5, 0.6) is 0 Å². The van der Waals surface area contributed by atoms with Crippen molar-refractivity contribution in [2.24, 2.45) is 0 Å². The van der Waals surface area contributed by atoms with Crippen LogP contribution in [0.2, 0.25) is 0 Å². The first-order valence-corrected chi connectivity index (χ1v) is 6.66. The van der Waals surface area contributed by atoms with Gasteiger partial charge in [-0.2, -0.15) is 5.26 Å². The molecule has 0 unspecified atom stereocenters. The summed E-state index contributed by atoms with van der Waals surface area (Å²) in [5, 5.41) is 8.65. The van der Waals surface area contributed by atoms with Crippen LogP contribution in [-0.4, -0.2) is 34.3 Å². The predicted octanol–water partition coefficient (Wildman–Crippen LogP) is 1.16. The van der Waals surface area contributed by atoms with Crippen molar-refractivity contribution in [3.63, 3.8) is 0 Å². The Balaban J connectivity index is 2.76. The van der Waals surface area contributed by atoms with Crippen LogP contribution in [0, 0.1) is 11.3 Å². The van der Waals surface area contributed by atoms with Crippen molar-refractivity contribution in [3.8, 4) is 6.07 Å². The molecule has 0 bridgehead atoms. The van der Waals surface area contributed by atoms with E-state index in [1.165, 1.54) is 0 Å². The topological polar surface area (TPSA) is 57.0 Å². The smallest absolute Gasteiger partial charge is 0.128 e. The number of nitrogens with zero attached hydrogens (tertiary/aromatic N) is 3. The fourth-order valence-electron chi connectivity index (χ4n) is 1.34. The lowest BCUT2D eigenvalue weighted by molar-refractivity contribution is 0.674. The molecule has 0 aliphatic carbocycles. The summed E-state index contributed by atoms with van der Waals surface area (Å²) in [5.74, 6) is 1.40. The second-order valence-corrected chi connectivity index (χ2v) is 5.20. The van der Waals surface area contributed by atoms with Gasteiger partial charge in [0.25, 0.3) is 0 Å². The Morgan fingerprint density at radius 1 is 1.62 bits per heavy atom. The standard InChI is InChI=1S/C11H15N3OS/c1-9(8-16(3)15)14(2)11-5-4-10(6-12)7-13-11/h4-5,7,9H,8H2,1-3H3/t9-,16+/m0/s1. The van der Waals surface area contributed by atoms with Gasteiger partial charge in [-0.3, -0.25) is 4.21 Å². The number of anilines is 1. The zero-order valence-corrected chi connectivity index (χ0v) is 10.5. The van der Waals surface area contributed by atoms with Gasteiger partial charge in [-0.15, -0.1) is 0 Å². The molecule has 0 aliphatic rings. The van der Waals surface area contributed by atoms with Gasteiger partial charge < -0.3 is 4.90 Å². The molecular formula is C11H15N3OS. The van der Waals surface area contributed by atoms with Crippen LogP contribution in [-0.2, 0) is 10.8 Å². The predicted molar refractivity (Wildman–Crippen MR) is 65.8 cm³/mol. The highest BCUT2D eigenvalue weighted by molar-refractivity contribution is 7.84. The number of hydrogen-bond donors (Lipinski definition) is 0. The number of rotatable bonds is 4. The summed E-state index contributed by atoms with van der Waals surface area (Å²) >= 11 is 0. The van der Waals surface area contributed by atoms with E-state index < -0.39 is 10.8 Å². The van der Waals surface area contributed by atoms with Crippen molar-refractivity contribution in [1.29, 1.82) is 5.26 Å². The zero-order valence-electron chi connectivity index (χ0n) is 9.67. The Bertz CT molecular complexity index is 410. The van der Waals surface area contributed by atoms with Crippen molar-refractivity contribution in [2.45, 2.75) is 13.0 Å². The Labute approximate surface area is 98.4 Å². The molecule has 16 heavy (non-hydrogen) atoms. The molecule has 4 nitrogen and oxygen atoms in total. The molecule has 0 amide bonds. The number of aromatic nitrogens is 1. The maximum absolute atomic E-state index is 11.1. The summed E-state index contributed by atoms with van der Waals surface area (Å²) in [5.41, 5.74) is 0.545. The van der Waals surface area contributed by atoms with E-state index in [0.29, 0.717) is 11.3 Å². The molecule has 1 rings (SSSR count). The summed E-state index contributed by atoms with van der Waals surface area (Å²) in [7, 11) is 1.09. The Hall–Kier alpha value is -1.41. The summed E-state index contributed by atoms with van der Waals surface area (Å²) in [6.45, 7) is 2.00. The molecule has 0 fully saturated rings. The molecule has 0 N–H and O–H groups in total. The second-order valence-electron chi connectivity index (χ2n) is 3.72. The molecule has 0 aromatic carbocycles. The fourth-order valence-corrected chi connectivity index (χ4v) is 2.24. The molecule has 86 valence electrons. The molecule has 0 radical (unpaired) electrons. The van der Waals surface area contributed by atoms with Crippen LogP contribution in [0.25, 0.3) is 0 Å². The van der Waals surface area contributed by atoms with E-state index in [2.05, 4.69) is 4.98 Å². The molecule has 2 atom stereocenters. The summed E-state index contributed by atoms with van der Waals surface area (Å²) in [6, 6.07) is 5.71. The number of hydrogen-bond acceptors (Lipinski definition) is 4. The molecule has 1 aromatic rings. The second kappa shape index (κ2) is 5.61. The van der Waals surface area contributed by atoms with Gasteiger partial charge in [0.05, 0.1) is 5.56 Å². The van der Waals surface area contributed by atoms with E-state index in [9.17, 15) is 4.21 Å². The van der Waals surface area contributed by atoms with Gasteiger partial charge in [0.2, 0.25) is 0 Å². The molecular weight excluding hydrogens is 222 g/mol. The van der Waals surface area contributed by atoms with Crippen LogP contribution in [0.3, 0.4) is 0 Å². The first-order valence-electron chi connectivity index (χ1n) is 4.93. The normalized spacial score (nSPS) is 13.9. The summed E-state index contributed by atoms with van der Waals surface area (Å²) in [6.07, 6.45) is 3.23. The van der Waals surface area contributed by atoms with E-state index in [-0.39, 0.29) is 6.04 Å². The fraction of sp³-hybridized carbons (Fsp3) is 0.455. The van der Waals surface area contributed by atoms with E-state index in [1.54, 1.807) is 24.6 Å². The van der Waals surface area contributed by atoms with Gasteiger partial charge in [0, 0.05) is 42.1 Å². The average Bonchev–Trinajstić information content (AvgIpc) is 2.27. The average molecular weight is 237 g/mol. The quantitative estimate of drug-likeness (QED) is 0.788. The van der Waals surface area contributed by atoms with E-state index >= 15 is 0 Å². The van der Waals surface area contributed by atoms with Gasteiger partial charge in [-0.25, -0.2) is 4.98 Å². The van der Waals surface area contributed by atoms with Gasteiger partial charge >= 0.3 is 0 Å². The molecule has 0 saturated heterocycles. The molecule has 0 spiro atoms. The highest BCUT2D eigenvalue weighted by atomic mass is 32.2. The maximum Gasteiger partial charge on any atom is 0.128 e. The third-order valence-electron chi connectivity index (χ3n) is 2.38. The van der Waals surface area contributed by atoms with E-state index in [1.807, 2.05) is 24.9 Å². The molecule has 0 saturated carbocycles. The SMILES string of the molecule is C[C@@H](C[S@@](C)=O)N(C)c1ccc(C#N)cn1. The molecule has 1 heterocycles. The van der Waals surface area contributed by atoms with Gasteiger partial charge in [0.1, 0.15) is 11.9 Å². The van der Waals surface area contributed by atoms with Crippen LogP contribution < -0.4 is 4.90 Å². The number of pyridine rings is 1. The maximum atomic E-state index is 11.1. The van der Waals surface area contributed by atoms with Gasteiger partial charge in [-0.1, -0.05) is 0 Å². The highest BCUT2D eigenvalue weighted by Gasteiger charge is 2.12. The Kier molecular flexibility index (Phi) is 4.44. The van der Waals surface area contributed by atoms with Crippen LogP contribution in [0.15, 0.2) is 18.3 Å². The minimum absolute atomic E-state index is 0.159. The lowest BCUT2D eigenvalue weighted by Gasteiger charge is -2.25. The van der Waals surface area contributed by atoms with Crippen molar-refractivity contribution in [3.05, 3.63) is 23.9 Å². The third-order valence-corrected chi connectivity index (χ3v) is 3.33. The van der Waals surface area contributed by atoms with Crippen molar-refractivity contribution < 1.29 is 4.21 Å². The molecule has 0 aliphatic heterocycles. The molecule has 5 heteroatoms. The monoisotopic (exact) mass is 237 g/mol. The lowest BCUT2D eigenvalue weighted by Crippen LogP contribution is -2.33. The van der Waals surface area contributed by atoms with Gasteiger partial charge in [-0.05, 0) is 19.1 Å². The van der Waals surface area contributed by atoms with Crippen molar-refractivity contribution in [2.75, 3.05) is 24.0 Å². The lowest BCUT2D eigenvalue weighted by atomic mass is 10.3. The Morgan fingerprint density at radius 2 is 2.31 bits per heavy atom. The van der Waals surface area contributed by atoms with Gasteiger partial charge in [0.15, 0.2) is 0 Å². The minimum atomic E-state index is -0.818. The molecule has 1 aromatic heterocycles. The summed E-state index contributed by atoms with van der Waals surface area (Å²) < 4.78 is 11.1. The van der Waals surface area contributed by atoms with Crippen LogP contribution in [0.1, 0.15) is 12.5 Å². The van der Waals surface area contributed by atoms with Crippen molar-refractivity contribution in [1.82, 2.24) is 4.98 Å². The zero-order chi connectivity index (χ0) is 12.1. The van der Waals surface area contributed by atoms with Crippen LogP contribution >= 0.6 is 0 Å². The van der Waals surface area contributed by atoms with Crippen molar-refractivity contribution >= 4 is 16.6 Å². The summed E-state index contributed by atoms with van der Waals surface area (Å²) in [4.78, 5) is 6.14. The van der Waals surface area contributed by atoms with E-state index in [4.69, 9.17) is 5.26 Å². The number of nitriles is 1. The first-order chi connectivity index (χ1) is 7.54. The van der Waals surface area contributed by atoms with E-state index in [0.717, 1.165) is 5.82 Å².